The maximum Gasteiger partial charge on any atom is -0.0414 e. The van der Waals surface area contributed by atoms with Crippen molar-refractivity contribution in [1.29, 1.82) is 0 Å². The predicted molar refractivity (Wildman–Crippen MR) is 85.1 cm³/mol. The number of unbranched alkanes of at least 4 members (excludes halogenated alkanes) is 5. The Bertz CT molecular complexity index is 142. The van der Waals surface area contributed by atoms with Crippen LogP contribution < -0.4 is 0 Å². The zero-order valence-electron chi connectivity index (χ0n) is 13.6. The number of rotatable bonds is 13. The van der Waals surface area contributed by atoms with Crippen molar-refractivity contribution in [3.8, 4) is 0 Å². The van der Waals surface area contributed by atoms with Crippen molar-refractivity contribution < 1.29 is 0 Å². The summed E-state index contributed by atoms with van der Waals surface area (Å²) in [6.07, 6.45) is 17.4. The Labute approximate surface area is 117 Å². The molecule has 0 aromatic carbocycles. The molecule has 0 atom stereocenters. The van der Waals surface area contributed by atoms with Gasteiger partial charge >= 0.3 is 0 Å². The lowest BCUT2D eigenvalue weighted by molar-refractivity contribution is 0.390. The molecule has 110 valence electrons. The van der Waals surface area contributed by atoms with Gasteiger partial charge in [-0.05, 0) is 11.8 Å². The Kier molecular flexibility index (Phi) is 13.4. The third kappa shape index (κ3) is 12.5. The molecule has 0 aromatic rings. The van der Waals surface area contributed by atoms with E-state index >= 15 is 0 Å². The van der Waals surface area contributed by atoms with Crippen molar-refractivity contribution in [2.45, 2.75) is 105 Å². The van der Waals surface area contributed by atoms with Crippen LogP contribution in [0.2, 0.25) is 0 Å². The van der Waals surface area contributed by atoms with E-state index < -0.39 is 0 Å². The summed E-state index contributed by atoms with van der Waals surface area (Å²) in [4.78, 5) is 0. The van der Waals surface area contributed by atoms with Crippen molar-refractivity contribution in [3.63, 3.8) is 0 Å². The van der Waals surface area contributed by atoms with E-state index in [0.717, 1.165) is 11.8 Å². The van der Waals surface area contributed by atoms with Gasteiger partial charge in [-0.2, -0.15) is 0 Å². The molecule has 0 heteroatoms. The average Bonchev–Trinajstić information content (AvgIpc) is 2.32. The van der Waals surface area contributed by atoms with E-state index in [1.54, 1.807) is 0 Å². The van der Waals surface area contributed by atoms with Crippen molar-refractivity contribution in [3.05, 3.63) is 0 Å². The summed E-state index contributed by atoms with van der Waals surface area (Å²) in [6, 6.07) is 0. The van der Waals surface area contributed by atoms with Gasteiger partial charge in [-0.25, -0.2) is 0 Å². The van der Waals surface area contributed by atoms with Gasteiger partial charge in [0.1, 0.15) is 0 Å². The van der Waals surface area contributed by atoms with Crippen molar-refractivity contribution >= 4 is 0 Å². The molecule has 18 heavy (non-hydrogen) atoms. The van der Waals surface area contributed by atoms with Crippen molar-refractivity contribution in [1.82, 2.24) is 0 Å². The molecular formula is C18H38. The minimum atomic E-state index is 0.897. The zero-order chi connectivity index (χ0) is 13.6. The second-order valence-corrected chi connectivity index (χ2v) is 6.54. The molecule has 0 aliphatic rings. The van der Waals surface area contributed by atoms with Gasteiger partial charge in [-0.15, -0.1) is 0 Å². The van der Waals surface area contributed by atoms with Crippen LogP contribution in [0.25, 0.3) is 0 Å². The third-order valence-electron chi connectivity index (χ3n) is 4.04. The number of hydrogen-bond donors (Lipinski definition) is 0. The van der Waals surface area contributed by atoms with Gasteiger partial charge in [0.15, 0.2) is 0 Å². The summed E-state index contributed by atoms with van der Waals surface area (Å²) in [5.41, 5.74) is 0. The van der Waals surface area contributed by atoms with Crippen LogP contribution in [0.4, 0.5) is 0 Å². The Morgan fingerprint density at radius 2 is 1.00 bits per heavy atom. The van der Waals surface area contributed by atoms with Crippen LogP contribution in [0.3, 0.4) is 0 Å². The molecule has 0 heterocycles. The minimum absolute atomic E-state index is 0.897. The fraction of sp³-hybridized carbons (Fsp3) is 1.00. The fourth-order valence-electron chi connectivity index (χ4n) is 2.94. The van der Waals surface area contributed by atoms with Crippen LogP contribution >= 0.6 is 0 Å². The van der Waals surface area contributed by atoms with E-state index in [4.69, 9.17) is 0 Å². The van der Waals surface area contributed by atoms with Gasteiger partial charge in [-0.1, -0.05) is 105 Å². The van der Waals surface area contributed by atoms with Gasteiger partial charge < -0.3 is 0 Å². The van der Waals surface area contributed by atoms with Crippen LogP contribution in [0, 0.1) is 11.8 Å². The van der Waals surface area contributed by atoms with Crippen LogP contribution in [0.5, 0.6) is 0 Å². The quantitative estimate of drug-likeness (QED) is 0.311. The summed E-state index contributed by atoms with van der Waals surface area (Å²) < 4.78 is 0. The van der Waals surface area contributed by atoms with Gasteiger partial charge in [-0.3, -0.25) is 0 Å². The van der Waals surface area contributed by atoms with E-state index in [1.807, 2.05) is 0 Å². The van der Waals surface area contributed by atoms with E-state index in [-0.39, 0.29) is 0 Å². The molecule has 0 fully saturated rings. The highest BCUT2D eigenvalue weighted by atomic mass is 14.1. The average molecular weight is 255 g/mol. The van der Waals surface area contributed by atoms with E-state index in [9.17, 15) is 0 Å². The van der Waals surface area contributed by atoms with E-state index in [1.165, 1.54) is 77.0 Å². The van der Waals surface area contributed by atoms with Crippen molar-refractivity contribution in [2.24, 2.45) is 11.8 Å². The summed E-state index contributed by atoms with van der Waals surface area (Å²) in [5.74, 6) is 1.93. The molecule has 0 radical (unpaired) electrons. The molecule has 0 saturated heterocycles. The van der Waals surface area contributed by atoms with E-state index in [0.29, 0.717) is 0 Å². The van der Waals surface area contributed by atoms with Crippen LogP contribution in [0.1, 0.15) is 105 Å². The Balaban J connectivity index is 3.26. The Morgan fingerprint density at radius 1 is 0.556 bits per heavy atom. The summed E-state index contributed by atoms with van der Waals surface area (Å²) in [6.45, 7) is 9.33. The molecule has 0 spiro atoms. The Morgan fingerprint density at radius 3 is 1.44 bits per heavy atom. The SMILES string of the molecule is CCCC(CCC)CCCCCCCCC(C)C. The lowest BCUT2D eigenvalue weighted by Gasteiger charge is -2.14. The molecule has 0 saturated carbocycles. The predicted octanol–water partition coefficient (Wildman–Crippen LogP) is 6.98. The van der Waals surface area contributed by atoms with Gasteiger partial charge in [0, 0.05) is 0 Å². The summed E-state index contributed by atoms with van der Waals surface area (Å²) in [7, 11) is 0. The van der Waals surface area contributed by atoms with Crippen LogP contribution in [-0.4, -0.2) is 0 Å². The first-order valence-electron chi connectivity index (χ1n) is 8.70. The summed E-state index contributed by atoms with van der Waals surface area (Å²) >= 11 is 0. The normalized spacial score (nSPS) is 11.7. The second-order valence-electron chi connectivity index (χ2n) is 6.54. The standard InChI is InChI=1S/C18H38/c1-5-13-18(14-6-2)16-12-10-8-7-9-11-15-17(3)4/h17-18H,5-16H2,1-4H3. The van der Waals surface area contributed by atoms with E-state index in [2.05, 4.69) is 27.7 Å². The van der Waals surface area contributed by atoms with Gasteiger partial charge in [0.2, 0.25) is 0 Å². The number of hydrogen-bond acceptors (Lipinski definition) is 0. The maximum atomic E-state index is 2.33. The smallest absolute Gasteiger partial charge is 0.0414 e. The van der Waals surface area contributed by atoms with Gasteiger partial charge in [0.05, 0.1) is 0 Å². The molecule has 0 bridgehead atoms. The van der Waals surface area contributed by atoms with Crippen LogP contribution in [-0.2, 0) is 0 Å². The molecule has 0 N–H and O–H groups in total. The van der Waals surface area contributed by atoms with Gasteiger partial charge in [0.25, 0.3) is 0 Å². The highest BCUT2D eigenvalue weighted by Crippen LogP contribution is 2.21. The lowest BCUT2D eigenvalue weighted by atomic mass is 9.92. The topological polar surface area (TPSA) is 0 Å². The molecule has 0 rings (SSSR count). The molecule has 0 aliphatic heterocycles. The molecular weight excluding hydrogens is 216 g/mol. The lowest BCUT2D eigenvalue weighted by Crippen LogP contribution is -1.99. The minimum Gasteiger partial charge on any atom is -0.0654 e. The third-order valence-corrected chi connectivity index (χ3v) is 4.04. The molecule has 0 unspecified atom stereocenters. The monoisotopic (exact) mass is 254 g/mol. The first-order chi connectivity index (χ1) is 8.70. The molecule has 0 nitrogen and oxygen atoms in total. The second kappa shape index (κ2) is 13.4. The highest BCUT2D eigenvalue weighted by molar-refractivity contribution is 4.59. The fourth-order valence-corrected chi connectivity index (χ4v) is 2.94. The largest absolute Gasteiger partial charge is 0.0654 e. The highest BCUT2D eigenvalue weighted by Gasteiger charge is 2.05. The molecule has 0 amide bonds. The molecule has 0 aromatic heterocycles. The first-order valence-corrected chi connectivity index (χ1v) is 8.70. The molecule has 0 aliphatic carbocycles. The maximum absolute atomic E-state index is 2.33. The zero-order valence-corrected chi connectivity index (χ0v) is 13.6. The van der Waals surface area contributed by atoms with Crippen LogP contribution in [0.15, 0.2) is 0 Å². The summed E-state index contributed by atoms with van der Waals surface area (Å²) in [5, 5.41) is 0. The van der Waals surface area contributed by atoms with Crippen molar-refractivity contribution in [2.75, 3.05) is 0 Å². The Hall–Kier alpha value is 0. The first kappa shape index (κ1) is 18.0.